The number of nitrogens with zero attached hydrogens (tertiary/aromatic N) is 4. The number of anilines is 2. The van der Waals surface area contributed by atoms with Gasteiger partial charge in [0, 0.05) is 67.1 Å². The predicted octanol–water partition coefficient (Wildman–Crippen LogP) is 5.08. The van der Waals surface area contributed by atoms with Crippen molar-refractivity contribution in [2.24, 2.45) is 5.73 Å². The summed E-state index contributed by atoms with van der Waals surface area (Å²) in [6, 6.07) is 12.6. The number of hydrogen-bond donors (Lipinski definition) is 4. The molecule has 5 amide bonds. The van der Waals surface area contributed by atoms with E-state index in [1.807, 2.05) is 42.6 Å². The molecule has 4 heterocycles. The molecule has 0 aliphatic carbocycles. The summed E-state index contributed by atoms with van der Waals surface area (Å²) in [5, 5.41) is 9.09. The van der Waals surface area contributed by atoms with Gasteiger partial charge < -0.3 is 26.2 Å². The molecule has 0 radical (unpaired) electrons. The van der Waals surface area contributed by atoms with Gasteiger partial charge in [0.2, 0.25) is 23.6 Å². The van der Waals surface area contributed by atoms with Gasteiger partial charge in [-0.15, -0.1) is 0 Å². The van der Waals surface area contributed by atoms with E-state index in [-0.39, 0.29) is 35.6 Å². The van der Waals surface area contributed by atoms with E-state index in [0.29, 0.717) is 37.9 Å². The second-order valence-corrected chi connectivity index (χ2v) is 15.9. The van der Waals surface area contributed by atoms with Crippen molar-refractivity contribution in [1.82, 2.24) is 25.5 Å². The van der Waals surface area contributed by atoms with Crippen LogP contribution in [-0.2, 0) is 32.3 Å². The lowest BCUT2D eigenvalue weighted by molar-refractivity contribution is -0.137. The van der Waals surface area contributed by atoms with E-state index in [1.165, 1.54) is 16.7 Å². The van der Waals surface area contributed by atoms with Gasteiger partial charge in [-0.3, -0.25) is 29.3 Å². The maximum atomic E-state index is 12.9. The molecule has 0 spiro atoms. The van der Waals surface area contributed by atoms with E-state index in [1.54, 1.807) is 12.3 Å². The van der Waals surface area contributed by atoms with Crippen LogP contribution in [0.4, 0.5) is 11.5 Å². The first kappa shape index (κ1) is 38.9. The van der Waals surface area contributed by atoms with Crippen LogP contribution in [-0.4, -0.2) is 69.1 Å². The number of piperidine rings is 2. The van der Waals surface area contributed by atoms with Gasteiger partial charge in [-0.05, 0) is 74.4 Å². The van der Waals surface area contributed by atoms with E-state index < -0.39 is 11.9 Å². The third-order valence-electron chi connectivity index (χ3n) is 10.3. The molecule has 2 aromatic carbocycles. The molecule has 3 aliphatic heterocycles. The molecule has 0 saturated carbocycles. The molecule has 286 valence electrons. The number of unbranched alkanes of at least 4 members (excludes halogenated alkanes) is 5. The van der Waals surface area contributed by atoms with Crippen LogP contribution in [0.2, 0.25) is 0 Å². The Kier molecular flexibility index (Phi) is 13.0. The molecule has 6 rings (SSSR count). The molecular formula is C40H50N8O5S. The highest BCUT2D eigenvalue weighted by atomic mass is 32.2. The van der Waals surface area contributed by atoms with Crippen molar-refractivity contribution in [2.75, 3.05) is 23.3 Å². The quantitative estimate of drug-likeness (QED) is 0.114. The van der Waals surface area contributed by atoms with Crippen LogP contribution >= 0.6 is 11.8 Å². The fraction of sp³-hybridized carbons (Fsp3) is 0.475. The number of rotatable bonds is 16. The minimum absolute atomic E-state index is 0.00492. The average Bonchev–Trinajstić information content (AvgIpc) is 3.47. The number of carbonyl (C=O) groups is 5. The molecule has 1 unspecified atom stereocenters. The van der Waals surface area contributed by atoms with Gasteiger partial charge in [-0.2, -0.15) is 0 Å². The predicted molar refractivity (Wildman–Crippen MR) is 207 cm³/mol. The maximum Gasteiger partial charge on any atom is 0.255 e. The van der Waals surface area contributed by atoms with E-state index in [2.05, 4.69) is 37.7 Å². The van der Waals surface area contributed by atoms with Gasteiger partial charge in [0.25, 0.3) is 5.91 Å². The average molecular weight is 755 g/mol. The molecule has 3 aliphatic rings. The SMILES string of the molecule is CC1(N)CCN(c2cnc(Sc3cccc(NC(=O)CCCCCCCCC(=O)NCc4ccc5c(c4)CN(C4CCC(=O)NC4=O)C5=O)c3)cn2)CC1. The molecule has 13 nitrogen and oxygen atoms in total. The van der Waals surface area contributed by atoms with Crippen LogP contribution in [0.25, 0.3) is 0 Å². The third kappa shape index (κ3) is 10.7. The number of carbonyl (C=O) groups excluding carboxylic acids is 5. The topological polar surface area (TPSA) is 180 Å². The second kappa shape index (κ2) is 18.0. The van der Waals surface area contributed by atoms with Crippen LogP contribution in [0.3, 0.4) is 0 Å². The van der Waals surface area contributed by atoms with E-state index in [4.69, 9.17) is 5.73 Å². The minimum Gasteiger partial charge on any atom is -0.355 e. The zero-order chi connectivity index (χ0) is 38.1. The Morgan fingerprint density at radius 3 is 2.41 bits per heavy atom. The Balaban J connectivity index is 0.811. The first-order valence-corrected chi connectivity index (χ1v) is 19.8. The van der Waals surface area contributed by atoms with Crippen LogP contribution in [0.5, 0.6) is 0 Å². The van der Waals surface area contributed by atoms with E-state index >= 15 is 0 Å². The largest absolute Gasteiger partial charge is 0.355 e. The normalized spacial score (nSPS) is 18.0. The van der Waals surface area contributed by atoms with Gasteiger partial charge >= 0.3 is 0 Å². The highest BCUT2D eigenvalue weighted by molar-refractivity contribution is 7.99. The summed E-state index contributed by atoms with van der Waals surface area (Å²) in [7, 11) is 0. The molecule has 2 fully saturated rings. The van der Waals surface area contributed by atoms with Crippen molar-refractivity contribution >= 4 is 52.8 Å². The van der Waals surface area contributed by atoms with Gasteiger partial charge in [-0.1, -0.05) is 55.6 Å². The van der Waals surface area contributed by atoms with Gasteiger partial charge in [-0.25, -0.2) is 9.97 Å². The molecular weight excluding hydrogens is 705 g/mol. The lowest BCUT2D eigenvalue weighted by atomic mass is 9.91. The molecule has 5 N–H and O–H groups in total. The molecule has 1 aromatic heterocycles. The number of amides is 5. The van der Waals surface area contributed by atoms with Gasteiger partial charge in [0.05, 0.1) is 12.4 Å². The maximum absolute atomic E-state index is 12.9. The highest BCUT2D eigenvalue weighted by Crippen LogP contribution is 2.30. The molecule has 14 heteroatoms. The van der Waals surface area contributed by atoms with Crippen molar-refractivity contribution in [3.63, 3.8) is 0 Å². The van der Waals surface area contributed by atoms with Crippen LogP contribution < -0.4 is 26.6 Å². The number of fused-ring (bicyclic) bond motifs is 1. The molecule has 1 atom stereocenters. The van der Waals surface area contributed by atoms with Crippen molar-refractivity contribution in [3.8, 4) is 0 Å². The van der Waals surface area contributed by atoms with Crippen molar-refractivity contribution < 1.29 is 24.0 Å². The number of nitrogens with two attached hydrogens (primary N) is 1. The number of nitrogens with one attached hydrogen (secondary N) is 3. The Hall–Kier alpha value is -4.82. The van der Waals surface area contributed by atoms with Crippen molar-refractivity contribution in [3.05, 3.63) is 71.5 Å². The van der Waals surface area contributed by atoms with Crippen LogP contribution in [0.15, 0.2) is 64.8 Å². The van der Waals surface area contributed by atoms with Crippen molar-refractivity contribution in [1.29, 1.82) is 0 Å². The zero-order valence-electron chi connectivity index (χ0n) is 30.9. The standard InChI is InChI=1S/C40H50N8O5S/c1-40(41)17-19-47(20-18-40)33-24-44-37(25-42-33)54-30-10-8-9-29(22-30)45-35(50)12-7-5-3-2-4-6-11-34(49)43-23-27-13-14-31-28(21-27)26-48(39(31)53)32-15-16-36(51)46-38(32)52/h8-10,13-14,21-22,24-25,32H,2-7,11-12,15-20,23,26,41H2,1H3,(H,43,49)(H,45,50)(H,46,51,52). The monoisotopic (exact) mass is 754 g/mol. The fourth-order valence-electron chi connectivity index (χ4n) is 7.06. The fourth-order valence-corrected chi connectivity index (χ4v) is 7.84. The smallest absolute Gasteiger partial charge is 0.255 e. The Morgan fingerprint density at radius 1 is 0.944 bits per heavy atom. The molecule has 54 heavy (non-hydrogen) atoms. The Bertz CT molecular complexity index is 1840. The summed E-state index contributed by atoms with van der Waals surface area (Å²) in [5.41, 5.74) is 9.17. The van der Waals surface area contributed by atoms with E-state index in [9.17, 15) is 24.0 Å². The molecule has 3 aromatic rings. The summed E-state index contributed by atoms with van der Waals surface area (Å²) >= 11 is 1.51. The minimum atomic E-state index is -0.648. The highest BCUT2D eigenvalue weighted by Gasteiger charge is 2.39. The summed E-state index contributed by atoms with van der Waals surface area (Å²) < 4.78 is 0. The Morgan fingerprint density at radius 2 is 1.69 bits per heavy atom. The zero-order valence-corrected chi connectivity index (χ0v) is 31.7. The second-order valence-electron chi connectivity index (χ2n) is 14.8. The Labute approximate surface area is 320 Å². The van der Waals surface area contributed by atoms with Crippen LogP contribution in [0.1, 0.15) is 105 Å². The molecule has 0 bridgehead atoms. The summed E-state index contributed by atoms with van der Waals surface area (Å²) in [4.78, 5) is 75.7. The van der Waals surface area contributed by atoms with Crippen molar-refractivity contribution in [2.45, 2.75) is 119 Å². The number of imide groups is 1. The van der Waals surface area contributed by atoms with Gasteiger partial charge in [0.15, 0.2) is 0 Å². The lowest BCUT2D eigenvalue weighted by Gasteiger charge is -2.37. The number of benzene rings is 2. The van der Waals surface area contributed by atoms with E-state index in [0.717, 1.165) is 97.0 Å². The number of aromatic nitrogens is 2. The van der Waals surface area contributed by atoms with Crippen LogP contribution in [0, 0.1) is 0 Å². The third-order valence-corrected chi connectivity index (χ3v) is 11.2. The van der Waals surface area contributed by atoms with Gasteiger partial charge in [0.1, 0.15) is 16.9 Å². The lowest BCUT2D eigenvalue weighted by Crippen LogP contribution is -2.52. The first-order valence-electron chi connectivity index (χ1n) is 19.0. The summed E-state index contributed by atoms with van der Waals surface area (Å²) in [6.45, 7) is 4.52. The molecule has 2 saturated heterocycles. The summed E-state index contributed by atoms with van der Waals surface area (Å²) in [6.07, 6.45) is 12.4. The number of hydrogen-bond acceptors (Lipinski definition) is 10. The first-order chi connectivity index (χ1) is 26.0. The summed E-state index contributed by atoms with van der Waals surface area (Å²) in [5.74, 6) is -0.108.